The lowest BCUT2D eigenvalue weighted by molar-refractivity contribution is -0.129. The summed E-state index contributed by atoms with van der Waals surface area (Å²) in [6.07, 6.45) is 0. The molecule has 0 aromatic heterocycles. The lowest BCUT2D eigenvalue weighted by atomic mass is 9.72. The molecule has 0 radical (unpaired) electrons. The van der Waals surface area contributed by atoms with Gasteiger partial charge in [0, 0.05) is 18.5 Å². The molecular weight excluding hydrogens is 360 g/mol. The van der Waals surface area contributed by atoms with E-state index in [1.54, 1.807) is 18.7 Å². The molecule has 1 N–H and O–H groups in total. The minimum Gasteiger partial charge on any atom is -0.338 e. The van der Waals surface area contributed by atoms with Crippen LogP contribution in [0.4, 0.5) is 0 Å². The summed E-state index contributed by atoms with van der Waals surface area (Å²) < 4.78 is 0. The first-order valence-electron chi connectivity index (χ1n) is 8.65. The Hall–Kier alpha value is -2.77. The molecule has 0 spiro atoms. The zero-order valence-corrected chi connectivity index (χ0v) is 16.5. The van der Waals surface area contributed by atoms with Crippen molar-refractivity contribution >= 4 is 23.6 Å². The van der Waals surface area contributed by atoms with Gasteiger partial charge in [0.2, 0.25) is 11.8 Å². The maximum absolute atomic E-state index is 12.6. The van der Waals surface area contributed by atoms with Crippen LogP contribution in [0, 0.1) is 34.0 Å². The lowest BCUT2D eigenvalue weighted by Gasteiger charge is -2.34. The summed E-state index contributed by atoms with van der Waals surface area (Å²) in [6.45, 7) is 6.39. The molecule has 1 aromatic carbocycles. The predicted octanol–water partition coefficient (Wildman–Crippen LogP) is 2.80. The summed E-state index contributed by atoms with van der Waals surface area (Å²) in [5.41, 5.74) is 0.474. The predicted molar refractivity (Wildman–Crippen MR) is 104 cm³/mol. The van der Waals surface area contributed by atoms with Gasteiger partial charge in [-0.3, -0.25) is 9.59 Å². The monoisotopic (exact) mass is 382 g/mol. The van der Waals surface area contributed by atoms with Gasteiger partial charge in [0.15, 0.2) is 0 Å². The van der Waals surface area contributed by atoms with Crippen molar-refractivity contribution in [1.82, 2.24) is 10.2 Å². The minimum absolute atomic E-state index is 0.0781. The third-order valence-electron chi connectivity index (χ3n) is 4.62. The maximum Gasteiger partial charge on any atom is 0.243 e. The number of benzene rings is 1. The first-order valence-corrected chi connectivity index (χ1v) is 9.63. The van der Waals surface area contributed by atoms with Crippen molar-refractivity contribution in [1.29, 1.82) is 10.5 Å². The van der Waals surface area contributed by atoms with Gasteiger partial charge in [-0.2, -0.15) is 10.5 Å². The molecule has 1 aromatic rings. The molecule has 2 rings (SSSR count). The highest BCUT2D eigenvalue weighted by molar-refractivity contribution is 8.03. The number of carbonyl (C=O) groups excluding carboxylic acids is 2. The molecule has 0 saturated heterocycles. The van der Waals surface area contributed by atoms with E-state index in [2.05, 4.69) is 11.4 Å². The summed E-state index contributed by atoms with van der Waals surface area (Å²) in [7, 11) is 0. The van der Waals surface area contributed by atoms with Gasteiger partial charge < -0.3 is 10.2 Å². The standard InChI is InChI=1S/C20H22N4O2S/c1-4-24(12-14-8-6-5-7-9-14)17(25)13-27-19-16(11-22)20(2,3)15(10-21)18(26)23-19/h5-9,15H,4,12-13H2,1-3H3,(H,23,26)/t15-/m1/s1. The number of nitriles is 2. The smallest absolute Gasteiger partial charge is 0.243 e. The van der Waals surface area contributed by atoms with E-state index in [1.165, 1.54) is 0 Å². The molecule has 0 fully saturated rings. The Bertz CT molecular complexity index is 834. The fourth-order valence-electron chi connectivity index (χ4n) is 2.94. The third kappa shape index (κ3) is 4.50. The molecule has 0 unspecified atom stereocenters. The third-order valence-corrected chi connectivity index (χ3v) is 5.61. The number of nitrogens with one attached hydrogen (secondary N) is 1. The number of hydrogen-bond donors (Lipinski definition) is 1. The molecule has 140 valence electrons. The van der Waals surface area contributed by atoms with E-state index in [0.29, 0.717) is 23.7 Å². The molecule has 1 heterocycles. The van der Waals surface area contributed by atoms with Gasteiger partial charge in [-0.1, -0.05) is 55.9 Å². The van der Waals surface area contributed by atoms with E-state index in [0.717, 1.165) is 17.3 Å². The number of carbonyl (C=O) groups is 2. The van der Waals surface area contributed by atoms with Crippen LogP contribution in [0.1, 0.15) is 26.3 Å². The summed E-state index contributed by atoms with van der Waals surface area (Å²) in [4.78, 5) is 26.5. The van der Waals surface area contributed by atoms with Crippen LogP contribution in [0.25, 0.3) is 0 Å². The van der Waals surface area contributed by atoms with E-state index in [9.17, 15) is 20.1 Å². The van der Waals surface area contributed by atoms with Gasteiger partial charge in [0.25, 0.3) is 0 Å². The number of amides is 2. The Kier molecular flexibility index (Phi) is 6.65. The Labute approximate surface area is 163 Å². The van der Waals surface area contributed by atoms with Crippen molar-refractivity contribution in [3.05, 3.63) is 46.5 Å². The second-order valence-corrected chi connectivity index (χ2v) is 7.76. The van der Waals surface area contributed by atoms with Crippen LogP contribution in [0.5, 0.6) is 0 Å². The zero-order chi connectivity index (χ0) is 20.0. The number of thioether (sulfide) groups is 1. The number of nitrogens with zero attached hydrogens (tertiary/aromatic N) is 3. The molecule has 1 aliphatic rings. The van der Waals surface area contributed by atoms with Crippen LogP contribution in [-0.4, -0.2) is 29.0 Å². The van der Waals surface area contributed by atoms with Gasteiger partial charge >= 0.3 is 0 Å². The summed E-state index contributed by atoms with van der Waals surface area (Å²) >= 11 is 1.14. The highest BCUT2D eigenvalue weighted by atomic mass is 32.2. The van der Waals surface area contributed by atoms with Crippen molar-refractivity contribution in [3.8, 4) is 12.1 Å². The second-order valence-electron chi connectivity index (χ2n) is 6.77. The van der Waals surface area contributed by atoms with Crippen LogP contribution in [0.2, 0.25) is 0 Å². The SMILES string of the molecule is CCN(Cc1ccccc1)C(=O)CSC1=C(C#N)C(C)(C)[C@H](C#N)C(=O)N1. The normalized spacial score (nSPS) is 18.3. The van der Waals surface area contributed by atoms with Crippen molar-refractivity contribution in [2.24, 2.45) is 11.3 Å². The molecule has 27 heavy (non-hydrogen) atoms. The Balaban J connectivity index is 2.13. The quantitative estimate of drug-likeness (QED) is 0.816. The van der Waals surface area contributed by atoms with Crippen LogP contribution < -0.4 is 5.32 Å². The fourth-order valence-corrected chi connectivity index (χ4v) is 4.02. The number of rotatable bonds is 6. The Morgan fingerprint density at radius 3 is 2.52 bits per heavy atom. The van der Waals surface area contributed by atoms with Gasteiger partial charge in [-0.25, -0.2) is 0 Å². The Morgan fingerprint density at radius 2 is 1.96 bits per heavy atom. The highest BCUT2D eigenvalue weighted by Gasteiger charge is 2.44. The highest BCUT2D eigenvalue weighted by Crippen LogP contribution is 2.41. The molecule has 6 nitrogen and oxygen atoms in total. The summed E-state index contributed by atoms with van der Waals surface area (Å²) in [6, 6.07) is 13.8. The van der Waals surface area contributed by atoms with Crippen molar-refractivity contribution in [2.45, 2.75) is 27.3 Å². The number of hydrogen-bond acceptors (Lipinski definition) is 5. The van der Waals surface area contributed by atoms with Gasteiger partial charge in [0.05, 0.1) is 28.5 Å². The van der Waals surface area contributed by atoms with Crippen LogP contribution in [0.3, 0.4) is 0 Å². The van der Waals surface area contributed by atoms with Crippen LogP contribution in [0.15, 0.2) is 40.9 Å². The van der Waals surface area contributed by atoms with Gasteiger partial charge in [-0.05, 0) is 12.5 Å². The van der Waals surface area contributed by atoms with Crippen LogP contribution in [-0.2, 0) is 16.1 Å². The second kappa shape index (κ2) is 8.75. The Morgan fingerprint density at radius 1 is 1.30 bits per heavy atom. The van der Waals surface area contributed by atoms with Crippen LogP contribution >= 0.6 is 11.8 Å². The zero-order valence-electron chi connectivity index (χ0n) is 15.7. The molecule has 0 bridgehead atoms. The van der Waals surface area contributed by atoms with Crippen molar-refractivity contribution in [2.75, 3.05) is 12.3 Å². The lowest BCUT2D eigenvalue weighted by Crippen LogP contribution is -2.44. The molecule has 1 atom stereocenters. The average Bonchev–Trinajstić information content (AvgIpc) is 2.64. The molecule has 0 saturated carbocycles. The largest absolute Gasteiger partial charge is 0.338 e. The topological polar surface area (TPSA) is 97.0 Å². The van der Waals surface area contributed by atoms with Gasteiger partial charge in [0.1, 0.15) is 5.92 Å². The van der Waals surface area contributed by atoms with Gasteiger partial charge in [-0.15, -0.1) is 0 Å². The summed E-state index contributed by atoms with van der Waals surface area (Å²) in [5, 5.41) is 21.8. The van der Waals surface area contributed by atoms with E-state index in [-0.39, 0.29) is 11.7 Å². The van der Waals surface area contributed by atoms with Crippen molar-refractivity contribution < 1.29 is 9.59 Å². The van der Waals surface area contributed by atoms with Crippen molar-refractivity contribution in [3.63, 3.8) is 0 Å². The number of allylic oxidation sites excluding steroid dienone is 1. The van der Waals surface area contributed by atoms with E-state index < -0.39 is 17.2 Å². The minimum atomic E-state index is -0.933. The summed E-state index contributed by atoms with van der Waals surface area (Å²) in [5.74, 6) is -1.34. The van der Waals surface area contributed by atoms with E-state index in [4.69, 9.17) is 0 Å². The van der Waals surface area contributed by atoms with E-state index >= 15 is 0 Å². The molecule has 0 aliphatic carbocycles. The molecule has 1 aliphatic heterocycles. The maximum atomic E-state index is 12.6. The average molecular weight is 382 g/mol. The fraction of sp³-hybridized carbons (Fsp3) is 0.400. The first kappa shape index (κ1) is 20.5. The van der Waals surface area contributed by atoms with E-state index in [1.807, 2.05) is 43.3 Å². The molecule has 7 heteroatoms. The molecular formula is C20H22N4O2S. The molecule has 2 amide bonds. The first-order chi connectivity index (χ1) is 12.8.